The Bertz CT molecular complexity index is 566. The molecule has 9 heteroatoms. The number of aliphatic imine (C=N–C) groups is 1. The summed E-state index contributed by atoms with van der Waals surface area (Å²) in [5.74, 6) is 2.18. The van der Waals surface area contributed by atoms with Crippen molar-refractivity contribution in [3.05, 3.63) is 11.7 Å². The fraction of sp³-hybridized carbons (Fsp3) is 0.765. The first kappa shape index (κ1) is 24.6. The summed E-state index contributed by atoms with van der Waals surface area (Å²) < 4.78 is 5.22. The van der Waals surface area contributed by atoms with Gasteiger partial charge in [-0.1, -0.05) is 19.0 Å². The van der Waals surface area contributed by atoms with Crippen molar-refractivity contribution in [1.82, 2.24) is 26.1 Å². The van der Waals surface area contributed by atoms with Crippen LogP contribution < -0.4 is 16.0 Å². The van der Waals surface area contributed by atoms with Crippen LogP contribution in [0.5, 0.6) is 0 Å². The van der Waals surface area contributed by atoms with E-state index in [4.69, 9.17) is 4.52 Å². The predicted octanol–water partition coefficient (Wildman–Crippen LogP) is 2.21. The van der Waals surface area contributed by atoms with Crippen LogP contribution in [0.25, 0.3) is 0 Å². The van der Waals surface area contributed by atoms with Crippen LogP contribution in [0.1, 0.15) is 65.6 Å². The number of nitrogens with zero attached hydrogens (tertiary/aromatic N) is 3. The highest BCUT2D eigenvalue weighted by Gasteiger charge is 2.13. The van der Waals surface area contributed by atoms with Crippen molar-refractivity contribution in [3.63, 3.8) is 0 Å². The standard InChI is InChI=1S/C17H32N6O2.HI/c1-7-18-16(20-11-13(24)22-17(4,5)6)19-10-8-9-14-21-15(12(2)3)23-25-14;/h12H,7-11H2,1-6H3,(H,22,24)(H2,18,19,20);1H. The van der Waals surface area contributed by atoms with Gasteiger partial charge in [0.15, 0.2) is 11.8 Å². The van der Waals surface area contributed by atoms with E-state index in [9.17, 15) is 4.79 Å². The topological polar surface area (TPSA) is 104 Å². The molecule has 26 heavy (non-hydrogen) atoms. The minimum absolute atomic E-state index is 0. The van der Waals surface area contributed by atoms with Gasteiger partial charge in [0.1, 0.15) is 6.54 Å². The lowest BCUT2D eigenvalue weighted by Gasteiger charge is -2.20. The van der Waals surface area contributed by atoms with Crippen LogP contribution in [-0.2, 0) is 11.2 Å². The van der Waals surface area contributed by atoms with Gasteiger partial charge < -0.3 is 20.5 Å². The molecule has 0 atom stereocenters. The average molecular weight is 480 g/mol. The Labute approximate surface area is 173 Å². The minimum Gasteiger partial charge on any atom is -0.357 e. The fourth-order valence-corrected chi connectivity index (χ4v) is 2.00. The first-order valence-electron chi connectivity index (χ1n) is 8.87. The summed E-state index contributed by atoms with van der Waals surface area (Å²) >= 11 is 0. The van der Waals surface area contributed by atoms with E-state index in [-0.39, 0.29) is 47.9 Å². The Morgan fingerprint density at radius 3 is 2.50 bits per heavy atom. The minimum atomic E-state index is -0.253. The number of carbonyl (C=O) groups is 1. The number of aromatic nitrogens is 2. The largest absolute Gasteiger partial charge is 0.357 e. The van der Waals surface area contributed by atoms with Gasteiger partial charge >= 0.3 is 0 Å². The quantitative estimate of drug-likeness (QED) is 0.228. The van der Waals surface area contributed by atoms with Crippen molar-refractivity contribution in [2.45, 2.75) is 65.8 Å². The smallest absolute Gasteiger partial charge is 0.242 e. The zero-order chi connectivity index (χ0) is 18.9. The molecule has 0 unspecified atom stereocenters. The Kier molecular flexibility index (Phi) is 11.4. The molecule has 0 bridgehead atoms. The summed E-state index contributed by atoms with van der Waals surface area (Å²) in [5.41, 5.74) is -0.253. The number of nitrogens with one attached hydrogen (secondary N) is 3. The first-order valence-corrected chi connectivity index (χ1v) is 8.87. The molecule has 0 aliphatic heterocycles. The summed E-state index contributed by atoms with van der Waals surface area (Å²) in [6.45, 7) is 13.4. The number of carbonyl (C=O) groups excluding carboxylic acids is 1. The molecule has 0 fully saturated rings. The summed E-state index contributed by atoms with van der Waals surface area (Å²) in [5, 5.41) is 13.2. The zero-order valence-electron chi connectivity index (χ0n) is 16.7. The van der Waals surface area contributed by atoms with Gasteiger partial charge in [-0.15, -0.1) is 24.0 Å². The SMILES string of the molecule is CCNC(=NCC(=O)NC(C)(C)C)NCCCc1nc(C(C)C)no1.I. The number of amides is 1. The Morgan fingerprint density at radius 2 is 1.96 bits per heavy atom. The lowest BCUT2D eigenvalue weighted by Crippen LogP contribution is -2.43. The molecule has 0 saturated carbocycles. The van der Waals surface area contributed by atoms with Gasteiger partial charge in [-0.05, 0) is 34.1 Å². The number of hydrogen-bond donors (Lipinski definition) is 3. The van der Waals surface area contributed by atoms with E-state index in [1.54, 1.807) is 0 Å². The highest BCUT2D eigenvalue weighted by Crippen LogP contribution is 2.10. The van der Waals surface area contributed by atoms with E-state index in [0.717, 1.165) is 18.8 Å². The normalized spacial score (nSPS) is 11.9. The molecule has 150 valence electrons. The molecule has 0 aromatic carbocycles. The number of guanidine groups is 1. The molecule has 0 aliphatic carbocycles. The van der Waals surface area contributed by atoms with E-state index >= 15 is 0 Å². The monoisotopic (exact) mass is 480 g/mol. The Hall–Kier alpha value is -1.39. The molecule has 0 spiro atoms. The Balaban J connectivity index is 0.00000625. The maximum absolute atomic E-state index is 11.8. The molecular weight excluding hydrogens is 447 g/mol. The molecule has 0 saturated heterocycles. The second-order valence-corrected chi connectivity index (χ2v) is 7.22. The van der Waals surface area contributed by atoms with Crippen LogP contribution in [0.15, 0.2) is 9.52 Å². The molecule has 1 amide bonds. The number of rotatable bonds is 8. The summed E-state index contributed by atoms with van der Waals surface area (Å²) in [6.07, 6.45) is 1.54. The van der Waals surface area contributed by atoms with Crippen LogP contribution in [-0.4, -0.2) is 47.2 Å². The highest BCUT2D eigenvalue weighted by molar-refractivity contribution is 14.0. The second-order valence-electron chi connectivity index (χ2n) is 7.22. The van der Waals surface area contributed by atoms with Gasteiger partial charge in [-0.3, -0.25) is 4.79 Å². The zero-order valence-corrected chi connectivity index (χ0v) is 19.0. The maximum atomic E-state index is 11.8. The van der Waals surface area contributed by atoms with Crippen molar-refractivity contribution >= 4 is 35.8 Å². The lowest BCUT2D eigenvalue weighted by molar-refractivity contribution is -0.121. The van der Waals surface area contributed by atoms with E-state index < -0.39 is 0 Å². The molecule has 1 rings (SSSR count). The fourth-order valence-electron chi connectivity index (χ4n) is 2.00. The predicted molar refractivity (Wildman–Crippen MR) is 114 cm³/mol. The van der Waals surface area contributed by atoms with Crippen LogP contribution in [0.4, 0.5) is 0 Å². The van der Waals surface area contributed by atoms with Crippen molar-refractivity contribution < 1.29 is 9.32 Å². The van der Waals surface area contributed by atoms with E-state index in [1.165, 1.54) is 0 Å². The molecule has 1 aromatic rings. The number of halogens is 1. The molecule has 8 nitrogen and oxygen atoms in total. The highest BCUT2D eigenvalue weighted by atomic mass is 127. The van der Waals surface area contributed by atoms with Crippen molar-refractivity contribution in [1.29, 1.82) is 0 Å². The third-order valence-corrected chi connectivity index (χ3v) is 3.10. The van der Waals surface area contributed by atoms with Crippen molar-refractivity contribution in [2.24, 2.45) is 4.99 Å². The third kappa shape index (κ3) is 10.6. The summed E-state index contributed by atoms with van der Waals surface area (Å²) in [4.78, 5) is 20.5. The van der Waals surface area contributed by atoms with Crippen molar-refractivity contribution in [3.8, 4) is 0 Å². The van der Waals surface area contributed by atoms with Gasteiger partial charge in [0, 0.05) is 31.0 Å². The van der Waals surface area contributed by atoms with Gasteiger partial charge in [-0.2, -0.15) is 4.98 Å². The molecule has 1 heterocycles. The molecule has 0 radical (unpaired) electrons. The average Bonchev–Trinajstić information content (AvgIpc) is 2.96. The van der Waals surface area contributed by atoms with E-state index in [1.807, 2.05) is 41.5 Å². The van der Waals surface area contributed by atoms with E-state index in [2.05, 4.69) is 31.1 Å². The van der Waals surface area contributed by atoms with Crippen molar-refractivity contribution in [2.75, 3.05) is 19.6 Å². The maximum Gasteiger partial charge on any atom is 0.242 e. The number of aryl methyl sites for hydroxylation is 1. The van der Waals surface area contributed by atoms with Gasteiger partial charge in [0.2, 0.25) is 11.8 Å². The molecule has 0 aliphatic rings. The van der Waals surface area contributed by atoms with Gasteiger partial charge in [0.25, 0.3) is 0 Å². The molecular formula is C17H33IN6O2. The van der Waals surface area contributed by atoms with Crippen LogP contribution in [0.2, 0.25) is 0 Å². The first-order chi connectivity index (χ1) is 11.7. The number of hydrogen-bond acceptors (Lipinski definition) is 5. The second kappa shape index (κ2) is 12.1. The Morgan fingerprint density at radius 1 is 1.27 bits per heavy atom. The molecule has 3 N–H and O–H groups in total. The van der Waals surface area contributed by atoms with Gasteiger partial charge in [0.05, 0.1) is 0 Å². The van der Waals surface area contributed by atoms with E-state index in [0.29, 0.717) is 24.8 Å². The molecule has 1 aromatic heterocycles. The summed E-state index contributed by atoms with van der Waals surface area (Å²) in [7, 11) is 0. The van der Waals surface area contributed by atoms with Crippen LogP contribution >= 0.6 is 24.0 Å². The van der Waals surface area contributed by atoms with Crippen LogP contribution in [0, 0.1) is 0 Å². The summed E-state index contributed by atoms with van der Waals surface area (Å²) in [6, 6.07) is 0. The van der Waals surface area contributed by atoms with Crippen LogP contribution in [0.3, 0.4) is 0 Å². The lowest BCUT2D eigenvalue weighted by atomic mass is 10.1. The third-order valence-electron chi connectivity index (χ3n) is 3.10. The van der Waals surface area contributed by atoms with Gasteiger partial charge in [-0.25, -0.2) is 4.99 Å².